The zero-order valence-electron chi connectivity index (χ0n) is 9.91. The van der Waals surface area contributed by atoms with Crippen molar-refractivity contribution in [1.29, 1.82) is 0 Å². The van der Waals surface area contributed by atoms with Gasteiger partial charge >= 0.3 is 0 Å². The van der Waals surface area contributed by atoms with Gasteiger partial charge in [-0.3, -0.25) is 4.79 Å². The Hall–Kier alpha value is -2.46. The predicted octanol–water partition coefficient (Wildman–Crippen LogP) is 2.93. The second-order valence-corrected chi connectivity index (χ2v) is 3.42. The molecule has 0 atom stereocenters. The minimum atomic E-state index is -0.168. The van der Waals surface area contributed by atoms with E-state index >= 15 is 0 Å². The molecule has 0 saturated carbocycles. The predicted molar refractivity (Wildman–Crippen MR) is 67.7 cm³/mol. The first-order valence-electron chi connectivity index (χ1n) is 5.26. The van der Waals surface area contributed by atoms with Crippen molar-refractivity contribution in [1.82, 2.24) is 0 Å². The van der Waals surface area contributed by atoms with Crippen LogP contribution < -0.4 is 4.74 Å². The average Bonchev–Trinajstić information content (AvgIpc) is 2.40. The van der Waals surface area contributed by atoms with Crippen molar-refractivity contribution >= 4 is 12.4 Å². The first-order chi connectivity index (χ1) is 8.72. The number of aldehydes is 1. The van der Waals surface area contributed by atoms with E-state index in [-0.39, 0.29) is 17.1 Å². The zero-order valence-corrected chi connectivity index (χ0v) is 9.91. The molecule has 0 bridgehead atoms. The van der Waals surface area contributed by atoms with Crippen LogP contribution in [0.1, 0.15) is 22.3 Å². The molecule has 94 valence electrons. The van der Waals surface area contributed by atoms with Crippen molar-refractivity contribution in [3.05, 3.63) is 39.8 Å². The Labute approximate surface area is 104 Å². The summed E-state index contributed by atoms with van der Waals surface area (Å²) in [6.07, 6.45) is 4.75. The molecule has 1 N–H and O–H groups in total. The Balaban J connectivity index is 2.89. The van der Waals surface area contributed by atoms with Gasteiger partial charge < -0.3 is 9.84 Å². The number of azide groups is 1. The van der Waals surface area contributed by atoms with Crippen molar-refractivity contribution in [2.45, 2.75) is 6.42 Å². The molecule has 6 heteroatoms. The Morgan fingerprint density at radius 1 is 1.56 bits per heavy atom. The number of phenols is 1. The van der Waals surface area contributed by atoms with Gasteiger partial charge in [0.15, 0.2) is 17.8 Å². The summed E-state index contributed by atoms with van der Waals surface area (Å²) < 4.78 is 4.96. The molecule has 0 fully saturated rings. The van der Waals surface area contributed by atoms with Gasteiger partial charge in [-0.05, 0) is 29.6 Å². The van der Waals surface area contributed by atoms with E-state index in [1.807, 2.05) is 6.08 Å². The number of nitrogens with zero attached hydrogens (tertiary/aromatic N) is 3. The van der Waals surface area contributed by atoms with Gasteiger partial charge in [0.25, 0.3) is 0 Å². The third-order valence-electron chi connectivity index (χ3n) is 2.24. The van der Waals surface area contributed by atoms with Crippen LogP contribution in [0.4, 0.5) is 0 Å². The lowest BCUT2D eigenvalue weighted by Gasteiger charge is -2.06. The maximum atomic E-state index is 10.8. The van der Waals surface area contributed by atoms with Crippen LogP contribution in [0.2, 0.25) is 0 Å². The first kappa shape index (κ1) is 13.6. The van der Waals surface area contributed by atoms with Gasteiger partial charge in [0.1, 0.15) is 0 Å². The largest absolute Gasteiger partial charge is 0.504 e. The quantitative estimate of drug-likeness (QED) is 0.275. The summed E-state index contributed by atoms with van der Waals surface area (Å²) >= 11 is 0. The van der Waals surface area contributed by atoms with E-state index in [4.69, 9.17) is 10.3 Å². The van der Waals surface area contributed by atoms with Crippen LogP contribution in [0.25, 0.3) is 16.5 Å². The topological polar surface area (TPSA) is 95.3 Å². The summed E-state index contributed by atoms with van der Waals surface area (Å²) in [5.41, 5.74) is 9.00. The van der Waals surface area contributed by atoms with Gasteiger partial charge in [-0.15, -0.1) is 0 Å². The summed E-state index contributed by atoms with van der Waals surface area (Å²) in [6, 6.07) is 3.17. The molecule has 0 amide bonds. The summed E-state index contributed by atoms with van der Waals surface area (Å²) in [7, 11) is 1.42. The number of phenolic OH excluding ortho intramolecular Hbond substituents is 1. The highest BCUT2D eigenvalue weighted by atomic mass is 16.5. The molecule has 0 radical (unpaired) electrons. The van der Waals surface area contributed by atoms with Gasteiger partial charge in [0, 0.05) is 11.5 Å². The molecule has 0 unspecified atom stereocenters. The molecule has 0 aliphatic carbocycles. The Morgan fingerprint density at radius 3 is 2.94 bits per heavy atom. The fourth-order valence-electron chi connectivity index (χ4n) is 1.39. The molecule has 18 heavy (non-hydrogen) atoms. The molecule has 0 aliphatic rings. The van der Waals surface area contributed by atoms with E-state index in [1.165, 1.54) is 7.11 Å². The fourth-order valence-corrected chi connectivity index (χ4v) is 1.39. The first-order valence-corrected chi connectivity index (χ1v) is 5.26. The van der Waals surface area contributed by atoms with Gasteiger partial charge in [-0.25, -0.2) is 0 Å². The van der Waals surface area contributed by atoms with Crippen LogP contribution in [0.5, 0.6) is 11.5 Å². The minimum absolute atomic E-state index is 0.168. The molecular weight excluding hydrogens is 234 g/mol. The van der Waals surface area contributed by atoms with Crippen molar-refractivity contribution in [3.8, 4) is 11.5 Å². The van der Waals surface area contributed by atoms with Crippen LogP contribution in [0.15, 0.2) is 23.3 Å². The van der Waals surface area contributed by atoms with E-state index in [1.54, 1.807) is 18.2 Å². The third kappa shape index (κ3) is 3.54. The van der Waals surface area contributed by atoms with E-state index in [0.29, 0.717) is 19.3 Å². The maximum absolute atomic E-state index is 10.8. The molecule has 1 aromatic carbocycles. The molecule has 1 aromatic rings. The van der Waals surface area contributed by atoms with Crippen molar-refractivity contribution in [3.63, 3.8) is 0 Å². The number of aromatic hydroxyl groups is 1. The molecule has 6 nitrogen and oxygen atoms in total. The number of hydrogen-bond donors (Lipinski definition) is 1. The van der Waals surface area contributed by atoms with Gasteiger partial charge in [0.2, 0.25) is 0 Å². The normalized spacial score (nSPS) is 10.1. The fraction of sp³-hybridized carbons (Fsp3) is 0.250. The monoisotopic (exact) mass is 247 g/mol. The standard InChI is InChI=1S/C12H13N3O3/c1-18-11-7-9(4-2-3-5-14-15-13)6-10(8-16)12(11)17/h2,4,6-8,17H,3,5H2,1H3. The summed E-state index contributed by atoms with van der Waals surface area (Å²) in [4.78, 5) is 13.4. The Bertz CT molecular complexity index is 506. The number of hydrogen-bond acceptors (Lipinski definition) is 4. The zero-order chi connectivity index (χ0) is 13.4. The number of carbonyl (C=O) groups excluding carboxylic acids is 1. The van der Waals surface area contributed by atoms with E-state index < -0.39 is 0 Å². The van der Waals surface area contributed by atoms with Crippen LogP contribution in [0.3, 0.4) is 0 Å². The van der Waals surface area contributed by atoms with Crippen molar-refractivity contribution in [2.75, 3.05) is 13.7 Å². The molecule has 0 aliphatic heterocycles. The summed E-state index contributed by atoms with van der Waals surface area (Å²) in [5, 5.41) is 13.0. The summed E-state index contributed by atoms with van der Waals surface area (Å²) in [6.45, 7) is 0.378. The highest BCUT2D eigenvalue weighted by Gasteiger charge is 2.08. The third-order valence-corrected chi connectivity index (χ3v) is 2.24. The molecule has 0 aromatic heterocycles. The smallest absolute Gasteiger partial charge is 0.168 e. The lowest BCUT2D eigenvalue weighted by molar-refractivity contribution is 0.112. The second-order valence-electron chi connectivity index (χ2n) is 3.42. The molecular formula is C12H13N3O3. The molecule has 1 rings (SSSR count). The highest BCUT2D eigenvalue weighted by Crippen LogP contribution is 2.30. The van der Waals surface area contributed by atoms with E-state index in [9.17, 15) is 9.90 Å². The van der Waals surface area contributed by atoms with Crippen molar-refractivity contribution in [2.24, 2.45) is 5.11 Å². The minimum Gasteiger partial charge on any atom is -0.504 e. The van der Waals surface area contributed by atoms with Crippen LogP contribution in [-0.2, 0) is 0 Å². The van der Waals surface area contributed by atoms with Crippen LogP contribution >= 0.6 is 0 Å². The lowest BCUT2D eigenvalue weighted by Crippen LogP contribution is -1.90. The Kier molecular flexibility index (Phi) is 5.28. The van der Waals surface area contributed by atoms with Crippen LogP contribution in [0, 0.1) is 0 Å². The number of rotatable bonds is 6. The van der Waals surface area contributed by atoms with Gasteiger partial charge in [0.05, 0.1) is 12.7 Å². The van der Waals surface area contributed by atoms with Crippen LogP contribution in [-0.4, -0.2) is 25.0 Å². The average molecular weight is 247 g/mol. The molecule has 0 saturated heterocycles. The second kappa shape index (κ2) is 6.98. The summed E-state index contributed by atoms with van der Waals surface area (Å²) in [5.74, 6) is 0.0769. The number of benzene rings is 1. The lowest BCUT2D eigenvalue weighted by atomic mass is 10.1. The SMILES string of the molecule is COc1cc(C=CCCN=[N+]=[N-])cc(C=O)c1O. The van der Waals surface area contributed by atoms with Gasteiger partial charge in [-0.2, -0.15) is 0 Å². The number of carbonyl (C=O) groups is 1. The maximum Gasteiger partial charge on any atom is 0.168 e. The number of methoxy groups -OCH3 is 1. The Morgan fingerprint density at radius 2 is 2.33 bits per heavy atom. The highest BCUT2D eigenvalue weighted by molar-refractivity contribution is 5.82. The van der Waals surface area contributed by atoms with Crippen molar-refractivity contribution < 1.29 is 14.6 Å². The van der Waals surface area contributed by atoms with E-state index in [2.05, 4.69) is 10.0 Å². The van der Waals surface area contributed by atoms with Gasteiger partial charge in [-0.1, -0.05) is 17.3 Å². The number of ether oxygens (including phenoxy) is 1. The molecule has 0 spiro atoms. The van der Waals surface area contributed by atoms with E-state index in [0.717, 1.165) is 5.56 Å². The molecule has 0 heterocycles.